The van der Waals surface area contributed by atoms with Crippen molar-refractivity contribution in [2.24, 2.45) is 5.92 Å². The van der Waals surface area contributed by atoms with Crippen LogP contribution in [-0.4, -0.2) is 47.1 Å². The third kappa shape index (κ3) is 4.42. The maximum atomic E-state index is 10.8. The fraction of sp³-hybridized carbons (Fsp3) is 0.500. The van der Waals surface area contributed by atoms with E-state index in [0.717, 1.165) is 19.5 Å². The van der Waals surface area contributed by atoms with Crippen LogP contribution in [0.3, 0.4) is 0 Å². The third-order valence-corrected chi connectivity index (χ3v) is 3.56. The number of likely N-dealkylation sites (tertiary alicyclic amines) is 1. The molecule has 2 rings (SSSR count). The highest BCUT2D eigenvalue weighted by Crippen LogP contribution is 2.18. The van der Waals surface area contributed by atoms with Crippen molar-refractivity contribution in [1.82, 2.24) is 4.90 Å². The van der Waals surface area contributed by atoms with E-state index in [1.807, 2.05) is 0 Å². The monoisotopic (exact) mass is 294 g/mol. The van der Waals surface area contributed by atoms with Crippen molar-refractivity contribution in [3.05, 3.63) is 34.4 Å². The Balaban J connectivity index is 1.66. The van der Waals surface area contributed by atoms with Gasteiger partial charge >= 0.3 is 5.97 Å². The van der Waals surface area contributed by atoms with Gasteiger partial charge in [-0.25, -0.2) is 0 Å². The number of nitrogens with zero attached hydrogens (tertiary/aromatic N) is 2. The summed E-state index contributed by atoms with van der Waals surface area (Å²) in [4.78, 5) is 23.0. The van der Waals surface area contributed by atoms with Crippen molar-refractivity contribution in [1.29, 1.82) is 0 Å². The van der Waals surface area contributed by atoms with Crippen LogP contribution in [0.5, 0.6) is 5.75 Å². The molecular formula is C14H18N2O5. The van der Waals surface area contributed by atoms with Crippen LogP contribution < -0.4 is 4.74 Å². The Bertz CT molecular complexity index is 503. The van der Waals surface area contributed by atoms with E-state index >= 15 is 0 Å². The van der Waals surface area contributed by atoms with Crippen LogP contribution in [0.2, 0.25) is 0 Å². The largest absolute Gasteiger partial charge is 0.494 e. The number of aliphatic carboxylic acids is 1. The summed E-state index contributed by atoms with van der Waals surface area (Å²) in [6, 6.07) is 5.98. The zero-order chi connectivity index (χ0) is 15.2. The van der Waals surface area contributed by atoms with Gasteiger partial charge in [-0.2, -0.15) is 0 Å². The number of nitro groups is 1. The first kappa shape index (κ1) is 15.2. The number of carbonyl (C=O) groups is 1. The molecule has 114 valence electrons. The van der Waals surface area contributed by atoms with E-state index < -0.39 is 10.9 Å². The van der Waals surface area contributed by atoms with E-state index in [1.54, 1.807) is 12.1 Å². The van der Waals surface area contributed by atoms with Crippen LogP contribution in [0.25, 0.3) is 0 Å². The molecule has 1 N–H and O–H groups in total. The molecule has 0 aliphatic carbocycles. The number of non-ortho nitro benzene ring substituents is 1. The summed E-state index contributed by atoms with van der Waals surface area (Å²) in [6.45, 7) is 2.73. The van der Waals surface area contributed by atoms with Crippen LogP contribution in [0.4, 0.5) is 5.69 Å². The summed E-state index contributed by atoms with van der Waals surface area (Å²) in [5.41, 5.74) is 0.0409. The van der Waals surface area contributed by atoms with Crippen LogP contribution in [0.1, 0.15) is 12.8 Å². The summed E-state index contributed by atoms with van der Waals surface area (Å²) in [5, 5.41) is 19.4. The van der Waals surface area contributed by atoms with Crippen LogP contribution in [0.15, 0.2) is 24.3 Å². The number of hydrogen-bond acceptors (Lipinski definition) is 5. The molecule has 0 aromatic heterocycles. The van der Waals surface area contributed by atoms with Crippen LogP contribution >= 0.6 is 0 Å². The van der Waals surface area contributed by atoms with Gasteiger partial charge in [0.15, 0.2) is 0 Å². The molecule has 1 aliphatic rings. The number of benzene rings is 1. The van der Waals surface area contributed by atoms with Gasteiger partial charge in [-0.3, -0.25) is 14.9 Å². The van der Waals surface area contributed by atoms with E-state index in [1.165, 1.54) is 12.1 Å². The minimum atomic E-state index is -0.723. The second-order valence-corrected chi connectivity index (χ2v) is 5.08. The summed E-state index contributed by atoms with van der Waals surface area (Å²) in [7, 11) is 0. The van der Waals surface area contributed by atoms with Gasteiger partial charge in [0.05, 0.1) is 17.4 Å². The first-order valence-corrected chi connectivity index (χ1v) is 6.88. The highest BCUT2D eigenvalue weighted by molar-refractivity contribution is 5.70. The van der Waals surface area contributed by atoms with Crippen molar-refractivity contribution < 1.29 is 19.6 Å². The van der Waals surface area contributed by atoms with Crippen molar-refractivity contribution in [2.75, 3.05) is 26.2 Å². The van der Waals surface area contributed by atoms with Crippen LogP contribution in [0, 0.1) is 16.0 Å². The quantitative estimate of drug-likeness (QED) is 0.468. The molecule has 7 nitrogen and oxygen atoms in total. The average Bonchev–Trinajstić information content (AvgIpc) is 2.93. The lowest BCUT2D eigenvalue weighted by molar-refractivity contribution is -0.384. The lowest BCUT2D eigenvalue weighted by Crippen LogP contribution is -2.25. The molecule has 1 aliphatic heterocycles. The Hall–Kier alpha value is -2.15. The third-order valence-electron chi connectivity index (χ3n) is 3.56. The van der Waals surface area contributed by atoms with Crippen molar-refractivity contribution in [3.8, 4) is 5.75 Å². The molecule has 21 heavy (non-hydrogen) atoms. The molecule has 0 bridgehead atoms. The lowest BCUT2D eigenvalue weighted by atomic mass is 10.1. The zero-order valence-corrected chi connectivity index (χ0v) is 11.6. The summed E-state index contributed by atoms with van der Waals surface area (Å²) in [6.07, 6.45) is 1.50. The Morgan fingerprint density at radius 3 is 2.71 bits per heavy atom. The highest BCUT2D eigenvalue weighted by atomic mass is 16.6. The summed E-state index contributed by atoms with van der Waals surface area (Å²) < 4.78 is 5.51. The fourth-order valence-corrected chi connectivity index (χ4v) is 2.38. The molecule has 0 radical (unpaired) electrons. The van der Waals surface area contributed by atoms with Gasteiger partial charge in [-0.1, -0.05) is 0 Å². The molecule has 7 heteroatoms. The van der Waals surface area contributed by atoms with E-state index in [9.17, 15) is 14.9 Å². The molecule has 1 atom stereocenters. The molecule has 1 aromatic carbocycles. The molecule has 0 saturated carbocycles. The van der Waals surface area contributed by atoms with E-state index in [4.69, 9.17) is 9.84 Å². The second-order valence-electron chi connectivity index (χ2n) is 5.08. The Labute approximate surface area is 122 Å². The van der Waals surface area contributed by atoms with Gasteiger partial charge in [-0.15, -0.1) is 0 Å². The molecule has 0 spiro atoms. The van der Waals surface area contributed by atoms with Crippen LogP contribution in [-0.2, 0) is 4.79 Å². The number of carboxylic acids is 1. The molecule has 0 amide bonds. The van der Waals surface area contributed by atoms with Gasteiger partial charge in [0.25, 0.3) is 5.69 Å². The molecule has 1 aromatic rings. The Morgan fingerprint density at radius 2 is 2.14 bits per heavy atom. The molecule has 1 saturated heterocycles. The van der Waals surface area contributed by atoms with E-state index in [-0.39, 0.29) is 11.6 Å². The maximum Gasteiger partial charge on any atom is 0.307 e. The number of carboxylic acid groups (broad SMARTS) is 1. The number of nitro benzene ring substituents is 1. The predicted octanol–water partition coefficient (Wildman–Crippen LogP) is 1.77. The lowest BCUT2D eigenvalue weighted by Gasteiger charge is -2.15. The average molecular weight is 294 g/mol. The van der Waals surface area contributed by atoms with Crippen molar-refractivity contribution >= 4 is 11.7 Å². The number of rotatable bonds is 7. The maximum absolute atomic E-state index is 10.8. The van der Waals surface area contributed by atoms with E-state index in [2.05, 4.69) is 4.90 Å². The Kier molecular flexibility index (Phi) is 5.10. The highest BCUT2D eigenvalue weighted by Gasteiger charge is 2.27. The first-order chi connectivity index (χ1) is 10.1. The van der Waals surface area contributed by atoms with Gasteiger partial charge < -0.3 is 14.7 Å². The number of ether oxygens (including phenoxy) is 1. The minimum absolute atomic E-state index is 0.0409. The molecule has 1 unspecified atom stereocenters. The molecule has 1 fully saturated rings. The SMILES string of the molecule is O=C(O)C1CCN(CCCOc2ccc([N+](=O)[O-])cc2)C1. The molecule has 1 heterocycles. The Morgan fingerprint density at radius 1 is 1.43 bits per heavy atom. The first-order valence-electron chi connectivity index (χ1n) is 6.88. The molecular weight excluding hydrogens is 276 g/mol. The summed E-state index contributed by atoms with van der Waals surface area (Å²) in [5.74, 6) is -0.370. The van der Waals surface area contributed by atoms with Gasteiger partial charge in [-0.05, 0) is 31.5 Å². The fourth-order valence-electron chi connectivity index (χ4n) is 2.38. The van der Waals surface area contributed by atoms with Crippen molar-refractivity contribution in [3.63, 3.8) is 0 Å². The zero-order valence-electron chi connectivity index (χ0n) is 11.6. The van der Waals surface area contributed by atoms with E-state index in [0.29, 0.717) is 25.3 Å². The number of hydrogen-bond donors (Lipinski definition) is 1. The second kappa shape index (κ2) is 7.03. The van der Waals surface area contributed by atoms with Gasteiger partial charge in [0.2, 0.25) is 0 Å². The summed E-state index contributed by atoms with van der Waals surface area (Å²) >= 11 is 0. The van der Waals surface area contributed by atoms with Gasteiger partial charge in [0, 0.05) is 25.2 Å². The van der Waals surface area contributed by atoms with Gasteiger partial charge in [0.1, 0.15) is 5.75 Å². The standard InChI is InChI=1S/C14H18N2O5/c17-14(18)11-6-8-15(10-11)7-1-9-21-13-4-2-12(3-5-13)16(19)20/h2-5,11H,1,6-10H2,(H,17,18). The predicted molar refractivity (Wildman–Crippen MR) is 75.4 cm³/mol. The normalized spacial score (nSPS) is 18.6. The minimum Gasteiger partial charge on any atom is -0.494 e. The van der Waals surface area contributed by atoms with Crippen molar-refractivity contribution in [2.45, 2.75) is 12.8 Å². The topological polar surface area (TPSA) is 92.9 Å². The smallest absolute Gasteiger partial charge is 0.307 e.